The van der Waals surface area contributed by atoms with Gasteiger partial charge >= 0.3 is 11.9 Å². The summed E-state index contributed by atoms with van der Waals surface area (Å²) in [6, 6.07) is 0. The molecule has 0 aromatic carbocycles. The van der Waals surface area contributed by atoms with Crippen molar-refractivity contribution >= 4 is 11.9 Å². The van der Waals surface area contributed by atoms with Gasteiger partial charge in [-0.2, -0.15) is 0 Å². The van der Waals surface area contributed by atoms with Crippen molar-refractivity contribution in [1.29, 1.82) is 0 Å². The first-order valence-corrected chi connectivity index (χ1v) is 8.95. The molecule has 1 atom stereocenters. The van der Waals surface area contributed by atoms with Gasteiger partial charge in [0.2, 0.25) is 0 Å². The minimum atomic E-state index is -0.305. The van der Waals surface area contributed by atoms with E-state index in [1.165, 1.54) is 25.7 Å². The molecule has 0 aromatic heterocycles. The van der Waals surface area contributed by atoms with Crippen LogP contribution in [0.2, 0.25) is 0 Å². The largest absolute Gasteiger partial charge is 0.466 e. The highest BCUT2D eigenvalue weighted by Crippen LogP contribution is 2.07. The highest BCUT2D eigenvalue weighted by Gasteiger charge is 2.12. The molecule has 0 radical (unpaired) electrons. The Morgan fingerprint density at radius 3 is 2.09 bits per heavy atom. The van der Waals surface area contributed by atoms with Crippen LogP contribution in [0.5, 0.6) is 0 Å². The van der Waals surface area contributed by atoms with Gasteiger partial charge in [0.15, 0.2) is 0 Å². The molecular weight excluding hydrogens is 280 g/mol. The second kappa shape index (κ2) is 14.9. The van der Waals surface area contributed by atoms with Crippen LogP contribution in [0.4, 0.5) is 0 Å². The molecule has 0 rings (SSSR count). The van der Waals surface area contributed by atoms with Crippen molar-refractivity contribution in [2.45, 2.75) is 97.5 Å². The van der Waals surface area contributed by atoms with Crippen LogP contribution in [0, 0.1) is 0 Å². The Labute approximate surface area is 135 Å². The summed E-state index contributed by atoms with van der Waals surface area (Å²) in [7, 11) is 0. The first kappa shape index (κ1) is 20.9. The van der Waals surface area contributed by atoms with Crippen molar-refractivity contribution in [3.05, 3.63) is 0 Å². The summed E-state index contributed by atoms with van der Waals surface area (Å²) < 4.78 is 10.4. The highest BCUT2D eigenvalue weighted by molar-refractivity contribution is 5.77. The van der Waals surface area contributed by atoms with E-state index in [1.54, 1.807) is 0 Å². The number of carbonyl (C=O) groups is 2. The molecule has 0 N–H and O–H groups in total. The molecule has 0 aromatic rings. The first-order valence-electron chi connectivity index (χ1n) is 8.95. The fraction of sp³-hybridized carbons (Fsp3) is 0.889. The standard InChI is InChI=1S/C18H34O4/c1-4-6-8-9-10-11-15-21-17(19)13-14-18(20)22-16(3)12-7-5-2/h16H,4-15H2,1-3H3. The Balaban J connectivity index is 3.49. The lowest BCUT2D eigenvalue weighted by Gasteiger charge is -2.12. The maximum Gasteiger partial charge on any atom is 0.306 e. The van der Waals surface area contributed by atoms with Crippen LogP contribution in [0.15, 0.2) is 0 Å². The molecule has 0 aliphatic carbocycles. The SMILES string of the molecule is CCCCCCCCOC(=O)CCC(=O)OC(C)CCCC. The van der Waals surface area contributed by atoms with Crippen LogP contribution < -0.4 is 0 Å². The van der Waals surface area contributed by atoms with Crippen LogP contribution >= 0.6 is 0 Å². The summed E-state index contributed by atoms with van der Waals surface area (Å²) in [6.07, 6.45) is 10.2. The number of esters is 2. The lowest BCUT2D eigenvalue weighted by molar-refractivity contribution is -0.153. The highest BCUT2D eigenvalue weighted by atomic mass is 16.5. The van der Waals surface area contributed by atoms with E-state index in [4.69, 9.17) is 9.47 Å². The Hall–Kier alpha value is -1.06. The topological polar surface area (TPSA) is 52.6 Å². The number of unbranched alkanes of at least 4 members (excludes halogenated alkanes) is 6. The average molecular weight is 314 g/mol. The zero-order valence-corrected chi connectivity index (χ0v) is 14.7. The van der Waals surface area contributed by atoms with Crippen molar-refractivity contribution in [3.8, 4) is 0 Å². The van der Waals surface area contributed by atoms with Gasteiger partial charge in [-0.05, 0) is 19.8 Å². The zero-order valence-electron chi connectivity index (χ0n) is 14.7. The van der Waals surface area contributed by atoms with Crippen molar-refractivity contribution in [3.63, 3.8) is 0 Å². The lowest BCUT2D eigenvalue weighted by atomic mass is 10.1. The van der Waals surface area contributed by atoms with E-state index in [2.05, 4.69) is 13.8 Å². The quantitative estimate of drug-likeness (QED) is 0.341. The van der Waals surface area contributed by atoms with Crippen molar-refractivity contribution in [2.24, 2.45) is 0 Å². The fourth-order valence-corrected chi connectivity index (χ4v) is 2.18. The van der Waals surface area contributed by atoms with Crippen molar-refractivity contribution in [2.75, 3.05) is 6.61 Å². The van der Waals surface area contributed by atoms with Crippen LogP contribution in [-0.2, 0) is 19.1 Å². The van der Waals surface area contributed by atoms with Gasteiger partial charge in [-0.3, -0.25) is 9.59 Å². The molecule has 4 heteroatoms. The van der Waals surface area contributed by atoms with E-state index in [0.29, 0.717) is 6.61 Å². The third kappa shape index (κ3) is 13.9. The maximum atomic E-state index is 11.6. The number of ether oxygens (including phenoxy) is 2. The van der Waals surface area contributed by atoms with E-state index in [1.807, 2.05) is 6.92 Å². The molecule has 0 saturated heterocycles. The van der Waals surface area contributed by atoms with E-state index in [0.717, 1.165) is 32.1 Å². The number of hydrogen-bond acceptors (Lipinski definition) is 4. The summed E-state index contributed by atoms with van der Waals surface area (Å²) in [4.78, 5) is 23.1. The smallest absolute Gasteiger partial charge is 0.306 e. The molecule has 0 spiro atoms. The van der Waals surface area contributed by atoms with E-state index < -0.39 is 0 Å². The summed E-state index contributed by atoms with van der Waals surface area (Å²) in [5, 5.41) is 0. The van der Waals surface area contributed by atoms with Crippen LogP contribution in [-0.4, -0.2) is 24.6 Å². The lowest BCUT2D eigenvalue weighted by Crippen LogP contribution is -2.16. The molecule has 130 valence electrons. The Bertz CT molecular complexity index is 289. The van der Waals surface area contributed by atoms with E-state index in [9.17, 15) is 9.59 Å². The van der Waals surface area contributed by atoms with Gasteiger partial charge in [0.1, 0.15) is 0 Å². The molecule has 0 amide bonds. The second-order valence-corrected chi connectivity index (χ2v) is 5.93. The van der Waals surface area contributed by atoms with Crippen LogP contribution in [0.3, 0.4) is 0 Å². The summed E-state index contributed by atoms with van der Waals surface area (Å²) in [6.45, 7) is 6.66. The fourth-order valence-electron chi connectivity index (χ4n) is 2.18. The van der Waals surface area contributed by atoms with E-state index >= 15 is 0 Å². The molecule has 0 aliphatic heterocycles. The molecule has 22 heavy (non-hydrogen) atoms. The third-order valence-electron chi connectivity index (χ3n) is 3.59. The molecule has 0 aliphatic rings. The van der Waals surface area contributed by atoms with Gasteiger partial charge in [-0.15, -0.1) is 0 Å². The second-order valence-electron chi connectivity index (χ2n) is 5.93. The van der Waals surface area contributed by atoms with Gasteiger partial charge in [0, 0.05) is 0 Å². The molecule has 4 nitrogen and oxygen atoms in total. The number of hydrogen-bond donors (Lipinski definition) is 0. The molecular formula is C18H34O4. The number of carbonyl (C=O) groups excluding carboxylic acids is 2. The van der Waals surface area contributed by atoms with Gasteiger partial charge in [-0.1, -0.05) is 58.8 Å². The Morgan fingerprint density at radius 2 is 1.41 bits per heavy atom. The molecule has 0 heterocycles. The molecule has 0 fully saturated rings. The Morgan fingerprint density at radius 1 is 0.818 bits per heavy atom. The predicted molar refractivity (Wildman–Crippen MR) is 88.6 cm³/mol. The third-order valence-corrected chi connectivity index (χ3v) is 3.59. The summed E-state index contributed by atoms with van der Waals surface area (Å²) >= 11 is 0. The molecule has 1 unspecified atom stereocenters. The maximum absolute atomic E-state index is 11.6. The molecule has 0 saturated carbocycles. The Kier molecular flexibility index (Phi) is 14.1. The van der Waals surface area contributed by atoms with Crippen LogP contribution in [0.1, 0.15) is 91.4 Å². The first-order chi connectivity index (χ1) is 10.6. The number of rotatable bonds is 14. The van der Waals surface area contributed by atoms with Gasteiger partial charge in [0.05, 0.1) is 25.6 Å². The molecule has 0 bridgehead atoms. The minimum Gasteiger partial charge on any atom is -0.466 e. The van der Waals surface area contributed by atoms with Crippen molar-refractivity contribution in [1.82, 2.24) is 0 Å². The predicted octanol–water partition coefficient (Wildman–Crippen LogP) is 4.79. The van der Waals surface area contributed by atoms with E-state index in [-0.39, 0.29) is 30.9 Å². The zero-order chi connectivity index (χ0) is 16.6. The van der Waals surface area contributed by atoms with Gasteiger partial charge < -0.3 is 9.47 Å². The summed E-state index contributed by atoms with van der Waals surface area (Å²) in [5.74, 6) is -0.605. The van der Waals surface area contributed by atoms with Crippen LogP contribution in [0.25, 0.3) is 0 Å². The minimum absolute atomic E-state index is 0.0633. The van der Waals surface area contributed by atoms with Crippen molar-refractivity contribution < 1.29 is 19.1 Å². The van der Waals surface area contributed by atoms with Gasteiger partial charge in [-0.25, -0.2) is 0 Å². The normalized spacial score (nSPS) is 12.0. The summed E-state index contributed by atoms with van der Waals surface area (Å²) in [5.41, 5.74) is 0. The van der Waals surface area contributed by atoms with Gasteiger partial charge in [0.25, 0.3) is 0 Å². The monoisotopic (exact) mass is 314 g/mol. The average Bonchev–Trinajstić information content (AvgIpc) is 2.50.